The Labute approximate surface area is 128 Å². The minimum Gasteiger partial charge on any atom is -0.338 e. The fourth-order valence-corrected chi connectivity index (χ4v) is 2.97. The Morgan fingerprint density at radius 3 is 3.05 bits per heavy atom. The molecule has 1 atom stereocenters. The van der Waals surface area contributed by atoms with Crippen LogP contribution in [0.15, 0.2) is 30.6 Å². The highest BCUT2D eigenvalue weighted by Gasteiger charge is 2.25. The molecule has 0 N–H and O–H groups in total. The highest BCUT2D eigenvalue weighted by atomic mass is 19.1. The summed E-state index contributed by atoms with van der Waals surface area (Å²) in [6.07, 6.45) is 4.53. The van der Waals surface area contributed by atoms with Gasteiger partial charge in [0.1, 0.15) is 18.0 Å². The number of halogens is 1. The van der Waals surface area contributed by atoms with Gasteiger partial charge in [-0.1, -0.05) is 6.07 Å². The molecule has 1 fully saturated rings. The molecular weight excluding hydrogens is 283 g/mol. The van der Waals surface area contributed by atoms with Crippen molar-refractivity contribution in [2.75, 3.05) is 13.1 Å². The third kappa shape index (κ3) is 3.16. The molecule has 116 valence electrons. The van der Waals surface area contributed by atoms with E-state index in [1.165, 1.54) is 12.1 Å². The lowest BCUT2D eigenvalue weighted by Crippen LogP contribution is -2.40. The van der Waals surface area contributed by atoms with Crippen molar-refractivity contribution < 1.29 is 9.18 Å². The first kappa shape index (κ1) is 14.7. The third-order valence-corrected chi connectivity index (χ3v) is 4.15. The zero-order chi connectivity index (χ0) is 15.5. The highest BCUT2D eigenvalue weighted by molar-refractivity contribution is 5.94. The number of hydrogen-bond donors (Lipinski definition) is 0. The summed E-state index contributed by atoms with van der Waals surface area (Å²) < 4.78 is 15.2. The second-order valence-corrected chi connectivity index (χ2v) is 5.83. The fraction of sp³-hybridized carbons (Fsp3) is 0.438. The van der Waals surface area contributed by atoms with Crippen molar-refractivity contribution in [3.05, 3.63) is 47.8 Å². The smallest absolute Gasteiger partial charge is 0.253 e. The van der Waals surface area contributed by atoms with Gasteiger partial charge in [0.05, 0.1) is 0 Å². The largest absolute Gasteiger partial charge is 0.338 e. The van der Waals surface area contributed by atoms with Crippen LogP contribution in [0.4, 0.5) is 4.39 Å². The molecule has 1 aliphatic rings. The van der Waals surface area contributed by atoms with Crippen molar-refractivity contribution >= 4 is 5.91 Å². The highest BCUT2D eigenvalue weighted by Crippen LogP contribution is 2.21. The van der Waals surface area contributed by atoms with Gasteiger partial charge in [-0.15, -0.1) is 10.2 Å². The van der Waals surface area contributed by atoms with Gasteiger partial charge in [-0.3, -0.25) is 4.79 Å². The van der Waals surface area contributed by atoms with Crippen LogP contribution in [0.5, 0.6) is 0 Å². The Morgan fingerprint density at radius 1 is 1.45 bits per heavy atom. The van der Waals surface area contributed by atoms with Crippen molar-refractivity contribution in [3.8, 4) is 0 Å². The molecule has 5 nitrogen and oxygen atoms in total. The van der Waals surface area contributed by atoms with Crippen LogP contribution in [0.1, 0.15) is 29.0 Å². The molecule has 2 heterocycles. The maximum atomic E-state index is 13.3. The number of nitrogens with zero attached hydrogens (tertiary/aromatic N) is 4. The topological polar surface area (TPSA) is 51.0 Å². The van der Waals surface area contributed by atoms with Crippen LogP contribution < -0.4 is 0 Å². The number of carbonyl (C=O) groups excluding carboxylic acids is 1. The quantitative estimate of drug-likeness (QED) is 0.872. The van der Waals surface area contributed by atoms with E-state index in [0.29, 0.717) is 18.0 Å². The molecule has 2 aromatic rings. The third-order valence-electron chi connectivity index (χ3n) is 4.15. The zero-order valence-corrected chi connectivity index (χ0v) is 12.6. The van der Waals surface area contributed by atoms with Crippen molar-refractivity contribution in [2.24, 2.45) is 13.0 Å². The predicted octanol–water partition coefficient (Wildman–Crippen LogP) is 2.05. The van der Waals surface area contributed by atoms with Gasteiger partial charge in [0.2, 0.25) is 0 Å². The summed E-state index contributed by atoms with van der Waals surface area (Å²) in [5.41, 5.74) is 0.416. The van der Waals surface area contributed by atoms with Crippen LogP contribution in [0.25, 0.3) is 0 Å². The van der Waals surface area contributed by atoms with Crippen molar-refractivity contribution in [3.63, 3.8) is 0 Å². The van der Waals surface area contributed by atoms with Gasteiger partial charge in [-0.25, -0.2) is 4.39 Å². The van der Waals surface area contributed by atoms with Gasteiger partial charge < -0.3 is 9.47 Å². The first-order valence-electron chi connectivity index (χ1n) is 7.51. The lowest BCUT2D eigenvalue weighted by Gasteiger charge is -2.32. The molecule has 1 amide bonds. The molecule has 0 radical (unpaired) electrons. The van der Waals surface area contributed by atoms with Gasteiger partial charge in [0, 0.05) is 32.1 Å². The van der Waals surface area contributed by atoms with Crippen LogP contribution in [0.3, 0.4) is 0 Å². The van der Waals surface area contributed by atoms with E-state index in [1.54, 1.807) is 18.5 Å². The van der Waals surface area contributed by atoms with Crippen LogP contribution in [0.2, 0.25) is 0 Å². The fourth-order valence-electron chi connectivity index (χ4n) is 2.97. The van der Waals surface area contributed by atoms with Crippen LogP contribution in [-0.4, -0.2) is 38.7 Å². The van der Waals surface area contributed by atoms with Crippen LogP contribution in [-0.2, 0) is 13.5 Å². The van der Waals surface area contributed by atoms with Crippen LogP contribution >= 0.6 is 0 Å². The number of rotatable bonds is 3. The molecule has 0 spiro atoms. The average Bonchev–Trinajstić information content (AvgIpc) is 2.92. The van der Waals surface area contributed by atoms with E-state index in [4.69, 9.17) is 0 Å². The molecule has 22 heavy (non-hydrogen) atoms. The summed E-state index contributed by atoms with van der Waals surface area (Å²) in [7, 11) is 1.92. The number of piperidine rings is 1. The molecule has 6 heteroatoms. The molecule has 1 unspecified atom stereocenters. The van der Waals surface area contributed by atoms with Gasteiger partial charge in [-0.05, 0) is 37.0 Å². The zero-order valence-electron chi connectivity index (χ0n) is 12.6. The summed E-state index contributed by atoms with van der Waals surface area (Å²) in [6, 6.07) is 5.89. The Balaban J connectivity index is 1.67. The standard InChI is InChI=1S/C16H19FN4O/c1-20-11-18-19-15(20)8-12-4-3-7-21(10-12)16(22)13-5-2-6-14(17)9-13/h2,5-6,9,11-12H,3-4,7-8,10H2,1H3. The number of carbonyl (C=O) groups is 1. The minimum absolute atomic E-state index is 0.0952. The second kappa shape index (κ2) is 6.25. The van der Waals surface area contributed by atoms with E-state index in [1.807, 2.05) is 16.5 Å². The SMILES string of the molecule is Cn1cnnc1CC1CCCN(C(=O)c2cccc(F)c2)C1. The molecule has 1 saturated heterocycles. The van der Waals surface area contributed by atoms with E-state index in [0.717, 1.165) is 31.6 Å². The molecule has 1 aromatic carbocycles. The van der Waals surface area contributed by atoms with Crippen molar-refractivity contribution in [1.29, 1.82) is 0 Å². The van der Waals surface area contributed by atoms with E-state index in [2.05, 4.69) is 10.2 Å². The van der Waals surface area contributed by atoms with E-state index >= 15 is 0 Å². The number of aromatic nitrogens is 3. The first-order chi connectivity index (χ1) is 10.6. The minimum atomic E-state index is -0.376. The Kier molecular flexibility index (Phi) is 4.18. The molecule has 3 rings (SSSR count). The Hall–Kier alpha value is -2.24. The maximum Gasteiger partial charge on any atom is 0.253 e. The van der Waals surface area contributed by atoms with Gasteiger partial charge >= 0.3 is 0 Å². The van der Waals surface area contributed by atoms with Crippen molar-refractivity contribution in [2.45, 2.75) is 19.3 Å². The van der Waals surface area contributed by atoms with Crippen LogP contribution in [0, 0.1) is 11.7 Å². The number of amides is 1. The number of hydrogen-bond acceptors (Lipinski definition) is 3. The predicted molar refractivity (Wildman–Crippen MR) is 79.7 cm³/mol. The van der Waals surface area contributed by atoms with E-state index < -0.39 is 0 Å². The Morgan fingerprint density at radius 2 is 2.32 bits per heavy atom. The second-order valence-electron chi connectivity index (χ2n) is 5.83. The van der Waals surface area contributed by atoms with E-state index in [-0.39, 0.29) is 11.7 Å². The number of benzene rings is 1. The molecule has 1 aromatic heterocycles. The summed E-state index contributed by atoms with van der Waals surface area (Å²) in [5.74, 6) is 0.833. The summed E-state index contributed by atoms with van der Waals surface area (Å²) >= 11 is 0. The number of likely N-dealkylation sites (tertiary alicyclic amines) is 1. The first-order valence-corrected chi connectivity index (χ1v) is 7.51. The summed E-state index contributed by atoms with van der Waals surface area (Å²) in [5, 5.41) is 8.00. The Bertz CT molecular complexity index is 670. The maximum absolute atomic E-state index is 13.3. The lowest BCUT2D eigenvalue weighted by molar-refractivity contribution is 0.0671. The molecule has 0 saturated carbocycles. The molecular formula is C16H19FN4O. The molecule has 0 aliphatic carbocycles. The monoisotopic (exact) mass is 302 g/mol. The summed E-state index contributed by atoms with van der Waals surface area (Å²) in [6.45, 7) is 1.41. The number of aryl methyl sites for hydroxylation is 1. The van der Waals surface area contributed by atoms with Gasteiger partial charge in [-0.2, -0.15) is 0 Å². The molecule has 1 aliphatic heterocycles. The van der Waals surface area contributed by atoms with Gasteiger partial charge in [0.25, 0.3) is 5.91 Å². The normalized spacial score (nSPS) is 18.5. The lowest BCUT2D eigenvalue weighted by atomic mass is 9.94. The van der Waals surface area contributed by atoms with Crippen molar-refractivity contribution in [1.82, 2.24) is 19.7 Å². The summed E-state index contributed by atoms with van der Waals surface area (Å²) in [4.78, 5) is 14.3. The molecule has 0 bridgehead atoms. The van der Waals surface area contributed by atoms with Gasteiger partial charge in [0.15, 0.2) is 0 Å². The van der Waals surface area contributed by atoms with E-state index in [9.17, 15) is 9.18 Å². The average molecular weight is 302 g/mol.